The number of rotatable bonds is 5. The van der Waals surface area contributed by atoms with Crippen LogP contribution in [0.5, 0.6) is 0 Å². The molecule has 1 amide bonds. The molecule has 1 aromatic rings. The highest BCUT2D eigenvalue weighted by Gasteiger charge is 2.11. The van der Waals surface area contributed by atoms with Gasteiger partial charge in [-0.1, -0.05) is 13.8 Å². The van der Waals surface area contributed by atoms with E-state index in [4.69, 9.17) is 4.42 Å². The van der Waals surface area contributed by atoms with E-state index in [2.05, 4.69) is 5.32 Å². The number of hydrogen-bond acceptors (Lipinski definition) is 3. The Hall–Kier alpha value is -1.29. The molecule has 1 unspecified atom stereocenters. The summed E-state index contributed by atoms with van der Waals surface area (Å²) in [7, 11) is 0. The van der Waals surface area contributed by atoms with E-state index in [-0.39, 0.29) is 17.9 Å². The van der Waals surface area contributed by atoms with Crippen molar-refractivity contribution in [1.82, 2.24) is 5.32 Å². The molecule has 0 saturated carbocycles. The molecule has 84 valence electrons. The van der Waals surface area contributed by atoms with Gasteiger partial charge in [-0.15, -0.1) is 0 Å². The Morgan fingerprint density at radius 3 is 2.87 bits per heavy atom. The van der Waals surface area contributed by atoms with Gasteiger partial charge in [0.2, 0.25) is 0 Å². The number of furan rings is 1. The van der Waals surface area contributed by atoms with Crippen LogP contribution in [0.1, 0.15) is 30.8 Å². The van der Waals surface area contributed by atoms with E-state index in [1.807, 2.05) is 13.8 Å². The van der Waals surface area contributed by atoms with E-state index in [1.54, 1.807) is 12.1 Å². The molecule has 15 heavy (non-hydrogen) atoms. The molecule has 1 aromatic heterocycles. The van der Waals surface area contributed by atoms with Crippen LogP contribution in [0, 0.1) is 5.92 Å². The fraction of sp³-hybridized carbons (Fsp3) is 0.545. The van der Waals surface area contributed by atoms with Crippen LogP contribution in [0.25, 0.3) is 0 Å². The highest BCUT2D eigenvalue weighted by atomic mass is 16.3. The number of aliphatic hydroxyl groups is 1. The zero-order chi connectivity index (χ0) is 11.3. The Labute approximate surface area is 89.3 Å². The van der Waals surface area contributed by atoms with Crippen LogP contribution in [0.2, 0.25) is 0 Å². The van der Waals surface area contributed by atoms with Gasteiger partial charge in [0.15, 0.2) is 5.76 Å². The monoisotopic (exact) mass is 211 g/mol. The second-order valence-corrected chi connectivity index (χ2v) is 3.83. The summed E-state index contributed by atoms with van der Waals surface area (Å²) < 4.78 is 4.93. The molecule has 1 atom stereocenters. The Bertz CT molecular complexity index is 293. The average Bonchev–Trinajstić information content (AvgIpc) is 2.70. The molecule has 0 aromatic carbocycles. The van der Waals surface area contributed by atoms with Crippen molar-refractivity contribution in [3.63, 3.8) is 0 Å². The summed E-state index contributed by atoms with van der Waals surface area (Å²) >= 11 is 0. The first-order chi connectivity index (χ1) is 7.11. The van der Waals surface area contributed by atoms with Crippen molar-refractivity contribution in [3.8, 4) is 0 Å². The molecule has 0 bridgehead atoms. The van der Waals surface area contributed by atoms with Crippen molar-refractivity contribution in [2.24, 2.45) is 5.92 Å². The zero-order valence-corrected chi connectivity index (χ0v) is 9.06. The molecule has 0 aliphatic carbocycles. The first kappa shape index (κ1) is 11.8. The van der Waals surface area contributed by atoms with E-state index in [0.717, 1.165) is 0 Å². The number of carbonyl (C=O) groups excluding carboxylic acids is 1. The summed E-state index contributed by atoms with van der Waals surface area (Å²) in [6, 6.07) is 3.27. The molecule has 0 radical (unpaired) electrons. The molecule has 0 saturated heterocycles. The quantitative estimate of drug-likeness (QED) is 0.774. The fourth-order valence-corrected chi connectivity index (χ4v) is 1.16. The minimum absolute atomic E-state index is 0.213. The number of hydrogen-bond donors (Lipinski definition) is 2. The largest absolute Gasteiger partial charge is 0.459 e. The van der Waals surface area contributed by atoms with Gasteiger partial charge in [-0.05, 0) is 24.5 Å². The van der Waals surface area contributed by atoms with Crippen LogP contribution in [-0.4, -0.2) is 23.7 Å². The van der Waals surface area contributed by atoms with Crippen molar-refractivity contribution in [3.05, 3.63) is 24.2 Å². The summed E-state index contributed by atoms with van der Waals surface area (Å²) in [5.74, 6) is 0.274. The van der Waals surface area contributed by atoms with Crippen LogP contribution >= 0.6 is 0 Å². The lowest BCUT2D eigenvalue weighted by Gasteiger charge is -2.13. The highest BCUT2D eigenvalue weighted by molar-refractivity contribution is 5.91. The van der Waals surface area contributed by atoms with E-state index in [1.165, 1.54) is 6.26 Å². The third kappa shape index (κ3) is 3.75. The summed E-state index contributed by atoms with van der Waals surface area (Å²) in [6.45, 7) is 4.34. The zero-order valence-electron chi connectivity index (χ0n) is 9.06. The average molecular weight is 211 g/mol. The first-order valence-electron chi connectivity index (χ1n) is 5.11. The van der Waals surface area contributed by atoms with Gasteiger partial charge in [0.1, 0.15) is 0 Å². The van der Waals surface area contributed by atoms with Gasteiger partial charge in [0.25, 0.3) is 5.91 Å². The summed E-state index contributed by atoms with van der Waals surface area (Å²) in [5.41, 5.74) is 0. The lowest BCUT2D eigenvalue weighted by molar-refractivity contribution is 0.0895. The number of carbonyl (C=O) groups is 1. The van der Waals surface area contributed by atoms with Gasteiger partial charge in [-0.2, -0.15) is 0 Å². The normalized spacial score (nSPS) is 12.8. The highest BCUT2D eigenvalue weighted by Crippen LogP contribution is 2.04. The van der Waals surface area contributed by atoms with Crippen LogP contribution in [-0.2, 0) is 0 Å². The number of aliphatic hydroxyl groups excluding tert-OH is 1. The second-order valence-electron chi connectivity index (χ2n) is 3.83. The Balaban J connectivity index is 2.24. The Kier molecular flexibility index (Phi) is 4.37. The maximum absolute atomic E-state index is 11.4. The fourth-order valence-electron chi connectivity index (χ4n) is 1.16. The van der Waals surface area contributed by atoms with Gasteiger partial charge in [0, 0.05) is 6.54 Å². The lowest BCUT2D eigenvalue weighted by Crippen LogP contribution is -2.28. The van der Waals surface area contributed by atoms with Crippen LogP contribution in [0.4, 0.5) is 0 Å². The van der Waals surface area contributed by atoms with Crippen LogP contribution in [0.15, 0.2) is 22.8 Å². The molecule has 1 rings (SSSR count). The molecular weight excluding hydrogens is 194 g/mol. The van der Waals surface area contributed by atoms with E-state index in [0.29, 0.717) is 18.7 Å². The number of nitrogens with one attached hydrogen (secondary N) is 1. The van der Waals surface area contributed by atoms with Crippen LogP contribution in [0.3, 0.4) is 0 Å². The predicted octanol–water partition coefficient (Wildman–Crippen LogP) is 1.42. The maximum atomic E-state index is 11.4. The Morgan fingerprint density at radius 1 is 1.60 bits per heavy atom. The molecule has 0 aliphatic rings. The van der Waals surface area contributed by atoms with E-state index >= 15 is 0 Å². The minimum atomic E-state index is -0.373. The minimum Gasteiger partial charge on any atom is -0.459 e. The lowest BCUT2D eigenvalue weighted by atomic mass is 10.0. The molecule has 4 heteroatoms. The van der Waals surface area contributed by atoms with Gasteiger partial charge in [-0.3, -0.25) is 4.79 Å². The van der Waals surface area contributed by atoms with Crippen molar-refractivity contribution in [2.45, 2.75) is 26.4 Å². The standard InChI is InChI=1S/C11H17NO3/c1-8(2)9(13)5-6-12-11(14)10-4-3-7-15-10/h3-4,7-9,13H,5-6H2,1-2H3,(H,12,14). The molecular formula is C11H17NO3. The molecule has 2 N–H and O–H groups in total. The van der Waals surface area contributed by atoms with Gasteiger partial charge in [0.05, 0.1) is 12.4 Å². The van der Waals surface area contributed by atoms with Gasteiger partial charge < -0.3 is 14.8 Å². The van der Waals surface area contributed by atoms with Crippen molar-refractivity contribution < 1.29 is 14.3 Å². The molecule has 0 spiro atoms. The third-order valence-corrected chi connectivity index (χ3v) is 2.24. The topological polar surface area (TPSA) is 62.5 Å². The summed E-state index contributed by atoms with van der Waals surface area (Å²) in [6.07, 6.45) is 1.64. The second kappa shape index (κ2) is 5.56. The molecule has 0 aliphatic heterocycles. The molecule has 4 nitrogen and oxygen atoms in total. The van der Waals surface area contributed by atoms with Gasteiger partial charge >= 0.3 is 0 Å². The SMILES string of the molecule is CC(C)C(O)CCNC(=O)c1ccco1. The molecule has 1 heterocycles. The number of amides is 1. The van der Waals surface area contributed by atoms with E-state index < -0.39 is 0 Å². The maximum Gasteiger partial charge on any atom is 0.286 e. The summed E-state index contributed by atoms with van der Waals surface area (Å²) in [5, 5.41) is 12.2. The Morgan fingerprint density at radius 2 is 2.33 bits per heavy atom. The van der Waals surface area contributed by atoms with Crippen molar-refractivity contribution >= 4 is 5.91 Å². The van der Waals surface area contributed by atoms with Crippen LogP contribution < -0.4 is 5.32 Å². The smallest absolute Gasteiger partial charge is 0.286 e. The predicted molar refractivity (Wildman–Crippen MR) is 56.5 cm³/mol. The molecule has 0 fully saturated rings. The van der Waals surface area contributed by atoms with Crippen molar-refractivity contribution in [2.75, 3.05) is 6.54 Å². The third-order valence-electron chi connectivity index (χ3n) is 2.24. The van der Waals surface area contributed by atoms with Crippen molar-refractivity contribution in [1.29, 1.82) is 0 Å². The summed E-state index contributed by atoms with van der Waals surface area (Å²) in [4.78, 5) is 11.4. The first-order valence-corrected chi connectivity index (χ1v) is 5.11. The van der Waals surface area contributed by atoms with Gasteiger partial charge in [-0.25, -0.2) is 0 Å². The van der Waals surface area contributed by atoms with E-state index in [9.17, 15) is 9.90 Å².